The van der Waals surface area contributed by atoms with Gasteiger partial charge in [-0.3, -0.25) is 10.1 Å². The van der Waals surface area contributed by atoms with Crippen molar-refractivity contribution in [2.24, 2.45) is 0 Å². The summed E-state index contributed by atoms with van der Waals surface area (Å²) >= 11 is 0. The molecule has 0 aromatic heterocycles. The molecule has 0 aromatic carbocycles. The lowest BCUT2D eigenvalue weighted by atomic mass is 9.96. The van der Waals surface area contributed by atoms with E-state index in [-0.39, 0.29) is 18.1 Å². The van der Waals surface area contributed by atoms with Crippen molar-refractivity contribution in [3.05, 3.63) is 0 Å². The summed E-state index contributed by atoms with van der Waals surface area (Å²) in [7, 11) is 0. The summed E-state index contributed by atoms with van der Waals surface area (Å²) in [6.07, 6.45) is 4.87. The number of hydrogen-bond donors (Lipinski definition) is 1. The largest absolute Gasteiger partial charge is 0.465 e. The molecule has 1 saturated carbocycles. The summed E-state index contributed by atoms with van der Waals surface area (Å²) in [4.78, 5) is 12.2. The van der Waals surface area contributed by atoms with E-state index in [1.54, 1.807) is 0 Å². The molecule has 4 nitrogen and oxygen atoms in total. The van der Waals surface area contributed by atoms with E-state index in [2.05, 4.69) is 26.1 Å². The number of hydrogen-bond acceptors (Lipinski definition) is 4. The Balaban J connectivity index is 2.59. The van der Waals surface area contributed by atoms with E-state index in [0.29, 0.717) is 6.61 Å². The van der Waals surface area contributed by atoms with E-state index in [9.17, 15) is 4.79 Å². The van der Waals surface area contributed by atoms with Crippen LogP contribution in [-0.4, -0.2) is 36.9 Å². The van der Waals surface area contributed by atoms with Crippen LogP contribution in [0.1, 0.15) is 59.8 Å². The first-order valence-corrected chi connectivity index (χ1v) is 7.60. The molecule has 19 heavy (non-hydrogen) atoms. The van der Waals surface area contributed by atoms with Crippen molar-refractivity contribution in [3.63, 3.8) is 0 Å². The SMILES string of the molecule is CCCCOC1CCC(NC(C)C)(C(=O)OCC)C1. The molecule has 0 spiro atoms. The van der Waals surface area contributed by atoms with Gasteiger partial charge in [0.05, 0.1) is 12.7 Å². The average molecular weight is 271 g/mol. The zero-order chi connectivity index (χ0) is 14.3. The lowest BCUT2D eigenvalue weighted by molar-refractivity contribution is -0.151. The highest BCUT2D eigenvalue weighted by atomic mass is 16.5. The zero-order valence-corrected chi connectivity index (χ0v) is 12.8. The van der Waals surface area contributed by atoms with Gasteiger partial charge in [0.15, 0.2) is 0 Å². The summed E-state index contributed by atoms with van der Waals surface area (Å²) in [6.45, 7) is 9.36. The van der Waals surface area contributed by atoms with Gasteiger partial charge in [-0.15, -0.1) is 0 Å². The molecule has 0 saturated heterocycles. The molecule has 4 heteroatoms. The van der Waals surface area contributed by atoms with Gasteiger partial charge in [0.25, 0.3) is 0 Å². The molecule has 0 aliphatic heterocycles. The van der Waals surface area contributed by atoms with Gasteiger partial charge >= 0.3 is 5.97 Å². The monoisotopic (exact) mass is 271 g/mol. The quantitative estimate of drug-likeness (QED) is 0.544. The predicted molar refractivity (Wildman–Crippen MR) is 76.1 cm³/mol. The maximum atomic E-state index is 12.2. The molecular weight excluding hydrogens is 242 g/mol. The standard InChI is InChI=1S/C15H29NO3/c1-5-7-10-19-13-8-9-15(11-13,16-12(3)4)14(17)18-6-2/h12-13,16H,5-11H2,1-4H3. The van der Waals surface area contributed by atoms with Crippen LogP contribution in [0.25, 0.3) is 0 Å². The Bertz CT molecular complexity index is 281. The van der Waals surface area contributed by atoms with Crippen molar-refractivity contribution in [2.75, 3.05) is 13.2 Å². The first-order chi connectivity index (χ1) is 9.04. The number of nitrogens with one attached hydrogen (secondary N) is 1. The van der Waals surface area contributed by atoms with Gasteiger partial charge in [-0.05, 0) is 40.0 Å². The second kappa shape index (κ2) is 7.85. The van der Waals surface area contributed by atoms with Gasteiger partial charge in [-0.2, -0.15) is 0 Å². The number of rotatable bonds is 8. The molecule has 112 valence electrons. The maximum Gasteiger partial charge on any atom is 0.326 e. The van der Waals surface area contributed by atoms with E-state index in [1.807, 2.05) is 6.92 Å². The van der Waals surface area contributed by atoms with Crippen LogP contribution >= 0.6 is 0 Å². The summed E-state index contributed by atoms with van der Waals surface area (Å²) < 4.78 is 11.1. The van der Waals surface area contributed by atoms with Crippen molar-refractivity contribution in [1.29, 1.82) is 0 Å². The van der Waals surface area contributed by atoms with Crippen molar-refractivity contribution in [3.8, 4) is 0 Å². The van der Waals surface area contributed by atoms with E-state index in [4.69, 9.17) is 9.47 Å². The van der Waals surface area contributed by atoms with Crippen LogP contribution in [0.5, 0.6) is 0 Å². The van der Waals surface area contributed by atoms with Crippen LogP contribution in [0.3, 0.4) is 0 Å². The topological polar surface area (TPSA) is 47.6 Å². The Hall–Kier alpha value is -0.610. The Morgan fingerprint density at radius 2 is 2.16 bits per heavy atom. The number of unbranched alkanes of at least 4 members (excludes halogenated alkanes) is 1. The molecule has 0 heterocycles. The number of carbonyl (C=O) groups is 1. The maximum absolute atomic E-state index is 12.2. The second-order valence-electron chi connectivity index (χ2n) is 5.69. The molecule has 0 aromatic rings. The van der Waals surface area contributed by atoms with Gasteiger partial charge in [0.1, 0.15) is 5.54 Å². The molecule has 2 atom stereocenters. The molecule has 2 unspecified atom stereocenters. The lowest BCUT2D eigenvalue weighted by Gasteiger charge is -2.30. The first kappa shape index (κ1) is 16.4. The van der Waals surface area contributed by atoms with Crippen molar-refractivity contribution in [1.82, 2.24) is 5.32 Å². The fraction of sp³-hybridized carbons (Fsp3) is 0.933. The van der Waals surface area contributed by atoms with Crippen LogP contribution in [0.2, 0.25) is 0 Å². The molecule has 1 aliphatic carbocycles. The minimum Gasteiger partial charge on any atom is -0.465 e. The van der Waals surface area contributed by atoms with Crippen molar-refractivity contribution < 1.29 is 14.3 Å². The molecule has 0 amide bonds. The minimum absolute atomic E-state index is 0.120. The van der Waals surface area contributed by atoms with Crippen LogP contribution in [0.15, 0.2) is 0 Å². The summed E-state index contributed by atoms with van der Waals surface area (Å²) in [5.41, 5.74) is -0.541. The number of ether oxygens (including phenoxy) is 2. The highest BCUT2D eigenvalue weighted by Crippen LogP contribution is 2.33. The van der Waals surface area contributed by atoms with Crippen molar-refractivity contribution >= 4 is 5.97 Å². The molecule has 0 radical (unpaired) electrons. The van der Waals surface area contributed by atoms with Crippen LogP contribution in [-0.2, 0) is 14.3 Å². The fourth-order valence-corrected chi connectivity index (χ4v) is 2.73. The normalized spacial score (nSPS) is 26.9. The van der Waals surface area contributed by atoms with E-state index < -0.39 is 5.54 Å². The van der Waals surface area contributed by atoms with E-state index in [1.165, 1.54) is 0 Å². The number of esters is 1. The third-order valence-electron chi connectivity index (χ3n) is 3.55. The third kappa shape index (κ3) is 4.77. The molecule has 1 N–H and O–H groups in total. The molecular formula is C15H29NO3. The molecule has 0 bridgehead atoms. The van der Waals surface area contributed by atoms with Crippen molar-refractivity contribution in [2.45, 2.75) is 77.5 Å². The summed E-state index contributed by atoms with van der Waals surface area (Å²) in [5.74, 6) is -0.120. The Kier molecular flexibility index (Phi) is 6.80. The molecule has 1 fully saturated rings. The average Bonchev–Trinajstić information content (AvgIpc) is 2.74. The predicted octanol–water partition coefficient (Wildman–Crippen LogP) is 2.66. The zero-order valence-electron chi connectivity index (χ0n) is 12.8. The van der Waals surface area contributed by atoms with Gasteiger partial charge in [-0.25, -0.2) is 0 Å². The van der Waals surface area contributed by atoms with Gasteiger partial charge < -0.3 is 9.47 Å². The smallest absolute Gasteiger partial charge is 0.326 e. The minimum atomic E-state index is -0.541. The van der Waals surface area contributed by atoms with Crippen LogP contribution < -0.4 is 5.32 Å². The van der Waals surface area contributed by atoms with Gasteiger partial charge in [0, 0.05) is 19.1 Å². The third-order valence-corrected chi connectivity index (χ3v) is 3.55. The number of carbonyl (C=O) groups excluding carboxylic acids is 1. The summed E-state index contributed by atoms with van der Waals surface area (Å²) in [5, 5.41) is 3.41. The second-order valence-corrected chi connectivity index (χ2v) is 5.69. The Morgan fingerprint density at radius 3 is 2.74 bits per heavy atom. The lowest BCUT2D eigenvalue weighted by Crippen LogP contribution is -2.54. The highest BCUT2D eigenvalue weighted by Gasteiger charge is 2.47. The highest BCUT2D eigenvalue weighted by molar-refractivity contribution is 5.81. The van der Waals surface area contributed by atoms with Crippen LogP contribution in [0, 0.1) is 0 Å². The Morgan fingerprint density at radius 1 is 1.42 bits per heavy atom. The summed E-state index contributed by atoms with van der Waals surface area (Å²) in [6, 6.07) is 0.263. The Labute approximate surface area is 117 Å². The van der Waals surface area contributed by atoms with E-state index >= 15 is 0 Å². The fourth-order valence-electron chi connectivity index (χ4n) is 2.73. The first-order valence-electron chi connectivity index (χ1n) is 7.60. The van der Waals surface area contributed by atoms with Gasteiger partial charge in [0.2, 0.25) is 0 Å². The molecule has 1 aliphatic rings. The molecule has 1 rings (SSSR count). The van der Waals surface area contributed by atoms with E-state index in [0.717, 1.165) is 38.7 Å². The van der Waals surface area contributed by atoms with Gasteiger partial charge in [-0.1, -0.05) is 13.3 Å². The van der Waals surface area contributed by atoms with Crippen LogP contribution in [0.4, 0.5) is 0 Å².